The summed E-state index contributed by atoms with van der Waals surface area (Å²) in [5.41, 5.74) is -1.84. The van der Waals surface area contributed by atoms with Gasteiger partial charge in [0.2, 0.25) is 5.91 Å². The molecule has 0 bridgehead atoms. The third-order valence-corrected chi connectivity index (χ3v) is 3.76. The molecule has 0 aliphatic heterocycles. The van der Waals surface area contributed by atoms with Crippen LogP contribution in [0.2, 0.25) is 0 Å². The van der Waals surface area contributed by atoms with E-state index in [1.165, 1.54) is 11.3 Å². The fraction of sp³-hybridized carbons (Fsp3) is 0.214. The van der Waals surface area contributed by atoms with Crippen LogP contribution in [0, 0.1) is 0 Å². The van der Waals surface area contributed by atoms with Crippen LogP contribution < -0.4 is 16.2 Å². The fourth-order valence-corrected chi connectivity index (χ4v) is 2.41. The molecule has 0 fully saturated rings. The molecule has 2 aromatic rings. The predicted octanol–water partition coefficient (Wildman–Crippen LogP) is 1.95. The Morgan fingerprint density at radius 1 is 1.21 bits per heavy atom. The molecule has 6 nitrogen and oxygen atoms in total. The number of imide groups is 1. The Morgan fingerprint density at radius 3 is 2.58 bits per heavy atom. The van der Waals surface area contributed by atoms with Crippen molar-refractivity contribution in [1.29, 1.82) is 0 Å². The molecule has 2 N–H and O–H groups in total. The molecule has 2 aromatic heterocycles. The van der Waals surface area contributed by atoms with E-state index < -0.39 is 35.8 Å². The van der Waals surface area contributed by atoms with Crippen molar-refractivity contribution < 1.29 is 22.8 Å². The van der Waals surface area contributed by atoms with Crippen molar-refractivity contribution in [3.63, 3.8) is 0 Å². The third-order valence-electron chi connectivity index (χ3n) is 2.88. The number of alkyl halides is 3. The van der Waals surface area contributed by atoms with Gasteiger partial charge in [0.05, 0.1) is 12.1 Å². The summed E-state index contributed by atoms with van der Waals surface area (Å²) in [5, 5.41) is 6.19. The first-order chi connectivity index (χ1) is 11.3. The molecule has 0 aliphatic carbocycles. The number of thiophene rings is 1. The Morgan fingerprint density at radius 2 is 1.96 bits per heavy atom. The highest BCUT2D eigenvalue weighted by Gasteiger charge is 2.31. The van der Waals surface area contributed by atoms with Crippen LogP contribution in [-0.4, -0.2) is 16.5 Å². The molecule has 2 heterocycles. The molecule has 128 valence electrons. The third kappa shape index (κ3) is 4.95. The lowest BCUT2D eigenvalue weighted by Gasteiger charge is -2.11. The SMILES string of the molecule is O=C(Cn1cc(C(F)(F)F)ccc1=O)NC(=O)NCc1cccs1. The Balaban J connectivity index is 1.94. The highest BCUT2D eigenvalue weighted by atomic mass is 32.1. The quantitative estimate of drug-likeness (QED) is 0.876. The van der Waals surface area contributed by atoms with E-state index in [0.717, 1.165) is 4.88 Å². The maximum Gasteiger partial charge on any atom is 0.417 e. The van der Waals surface area contributed by atoms with E-state index in [9.17, 15) is 27.6 Å². The van der Waals surface area contributed by atoms with Gasteiger partial charge in [0.1, 0.15) is 6.54 Å². The van der Waals surface area contributed by atoms with Gasteiger partial charge in [-0.1, -0.05) is 6.07 Å². The van der Waals surface area contributed by atoms with Gasteiger partial charge in [-0.25, -0.2) is 4.79 Å². The first-order valence-electron chi connectivity index (χ1n) is 6.63. The topological polar surface area (TPSA) is 80.2 Å². The first kappa shape index (κ1) is 17.7. The maximum atomic E-state index is 12.6. The van der Waals surface area contributed by atoms with Crippen LogP contribution in [0.5, 0.6) is 0 Å². The van der Waals surface area contributed by atoms with Crippen molar-refractivity contribution in [1.82, 2.24) is 15.2 Å². The van der Waals surface area contributed by atoms with Gasteiger partial charge in [-0.15, -0.1) is 11.3 Å². The van der Waals surface area contributed by atoms with Crippen molar-refractivity contribution in [3.05, 3.63) is 56.6 Å². The monoisotopic (exact) mass is 359 g/mol. The number of urea groups is 1. The number of hydrogen-bond donors (Lipinski definition) is 2. The van der Waals surface area contributed by atoms with Crippen molar-refractivity contribution >= 4 is 23.3 Å². The van der Waals surface area contributed by atoms with Crippen LogP contribution >= 0.6 is 11.3 Å². The van der Waals surface area contributed by atoms with E-state index in [0.29, 0.717) is 22.9 Å². The number of rotatable bonds is 4. The normalized spacial score (nSPS) is 11.1. The number of carbonyl (C=O) groups excluding carboxylic acids is 2. The molecule has 3 amide bonds. The summed E-state index contributed by atoms with van der Waals surface area (Å²) in [4.78, 5) is 35.6. The molecule has 0 atom stereocenters. The van der Waals surface area contributed by atoms with Gasteiger partial charge < -0.3 is 9.88 Å². The minimum Gasteiger partial charge on any atom is -0.333 e. The average molecular weight is 359 g/mol. The predicted molar refractivity (Wildman–Crippen MR) is 80.4 cm³/mol. The van der Waals surface area contributed by atoms with E-state index in [-0.39, 0.29) is 6.54 Å². The Hall–Kier alpha value is -2.62. The average Bonchev–Trinajstić information content (AvgIpc) is 2.99. The number of nitrogens with one attached hydrogen (secondary N) is 2. The summed E-state index contributed by atoms with van der Waals surface area (Å²) in [5.74, 6) is -0.903. The number of nitrogens with zero attached hydrogens (tertiary/aromatic N) is 1. The van der Waals surface area contributed by atoms with Crippen molar-refractivity contribution in [2.24, 2.45) is 0 Å². The molecule has 0 aliphatic rings. The Bertz CT molecular complexity index is 785. The standard InChI is InChI=1S/C14H12F3N3O3S/c15-14(16,17)9-3-4-12(22)20(7-9)8-11(21)19-13(23)18-6-10-2-1-5-24-10/h1-5,7H,6,8H2,(H2,18,19,21,23). The van der Waals surface area contributed by atoms with Gasteiger partial charge in [0, 0.05) is 17.1 Å². The number of hydrogen-bond acceptors (Lipinski definition) is 4. The molecular formula is C14H12F3N3O3S. The zero-order valence-corrected chi connectivity index (χ0v) is 12.9. The molecule has 0 unspecified atom stereocenters. The van der Waals surface area contributed by atoms with E-state index in [2.05, 4.69) is 5.32 Å². The van der Waals surface area contributed by atoms with Crippen LogP contribution in [0.3, 0.4) is 0 Å². The van der Waals surface area contributed by atoms with Gasteiger partial charge in [-0.05, 0) is 17.5 Å². The molecule has 10 heteroatoms. The van der Waals surface area contributed by atoms with E-state index in [1.807, 2.05) is 10.7 Å². The van der Waals surface area contributed by atoms with Gasteiger partial charge in [-0.3, -0.25) is 14.9 Å². The van der Waals surface area contributed by atoms with Gasteiger partial charge in [-0.2, -0.15) is 13.2 Å². The summed E-state index contributed by atoms with van der Waals surface area (Å²) < 4.78 is 38.4. The lowest BCUT2D eigenvalue weighted by atomic mass is 10.3. The second-order valence-electron chi connectivity index (χ2n) is 4.69. The summed E-state index contributed by atoms with van der Waals surface area (Å²) in [6.07, 6.45) is -4.10. The van der Waals surface area contributed by atoms with Crippen LogP contribution in [-0.2, 0) is 24.1 Å². The minimum atomic E-state index is -4.63. The zero-order chi connectivity index (χ0) is 17.7. The maximum absolute atomic E-state index is 12.6. The van der Waals surface area contributed by atoms with Crippen LogP contribution in [0.25, 0.3) is 0 Å². The smallest absolute Gasteiger partial charge is 0.333 e. The van der Waals surface area contributed by atoms with Crippen molar-refractivity contribution in [2.75, 3.05) is 0 Å². The Kier molecular flexibility index (Phi) is 5.39. The van der Waals surface area contributed by atoms with Crippen molar-refractivity contribution in [3.8, 4) is 0 Å². The lowest BCUT2D eigenvalue weighted by molar-refractivity contribution is -0.138. The fourth-order valence-electron chi connectivity index (χ4n) is 1.77. The summed E-state index contributed by atoms with van der Waals surface area (Å²) in [7, 11) is 0. The zero-order valence-electron chi connectivity index (χ0n) is 12.1. The van der Waals surface area contributed by atoms with E-state index in [4.69, 9.17) is 0 Å². The lowest BCUT2D eigenvalue weighted by Crippen LogP contribution is -2.41. The van der Waals surface area contributed by atoms with Gasteiger partial charge >= 0.3 is 12.2 Å². The number of halogens is 3. The first-order valence-corrected chi connectivity index (χ1v) is 7.51. The summed E-state index contributed by atoms with van der Waals surface area (Å²) in [6, 6.07) is 4.13. The second-order valence-corrected chi connectivity index (χ2v) is 5.72. The molecule has 0 radical (unpaired) electrons. The Labute approximate surface area is 137 Å². The van der Waals surface area contributed by atoms with Crippen LogP contribution in [0.1, 0.15) is 10.4 Å². The minimum absolute atomic E-state index is 0.209. The number of amides is 3. The molecule has 0 saturated heterocycles. The molecule has 24 heavy (non-hydrogen) atoms. The number of aromatic nitrogens is 1. The van der Waals surface area contributed by atoms with E-state index in [1.54, 1.807) is 12.1 Å². The molecule has 0 saturated carbocycles. The van der Waals surface area contributed by atoms with E-state index >= 15 is 0 Å². The van der Waals surface area contributed by atoms with Crippen LogP contribution in [0.15, 0.2) is 40.6 Å². The highest BCUT2D eigenvalue weighted by molar-refractivity contribution is 7.09. The largest absolute Gasteiger partial charge is 0.417 e. The summed E-state index contributed by atoms with van der Waals surface area (Å²) in [6.45, 7) is -0.491. The highest BCUT2D eigenvalue weighted by Crippen LogP contribution is 2.27. The van der Waals surface area contributed by atoms with Gasteiger partial charge in [0.25, 0.3) is 5.56 Å². The van der Waals surface area contributed by atoms with Gasteiger partial charge in [0.15, 0.2) is 0 Å². The molecule has 0 aromatic carbocycles. The number of pyridine rings is 1. The molecular weight excluding hydrogens is 347 g/mol. The van der Waals surface area contributed by atoms with Crippen LogP contribution in [0.4, 0.5) is 18.0 Å². The summed E-state index contributed by atoms with van der Waals surface area (Å²) >= 11 is 1.41. The molecule has 2 rings (SSSR count). The molecule has 0 spiro atoms. The second kappa shape index (κ2) is 7.30. The number of carbonyl (C=O) groups is 2. The van der Waals surface area contributed by atoms with Crippen molar-refractivity contribution in [2.45, 2.75) is 19.3 Å².